The first kappa shape index (κ1) is 20.0. The monoisotopic (exact) mass is 376 g/mol. The highest BCUT2D eigenvalue weighted by Crippen LogP contribution is 2.54. The van der Waals surface area contributed by atoms with Crippen molar-refractivity contribution in [3.05, 3.63) is 77.9 Å². The van der Waals surface area contributed by atoms with Crippen molar-refractivity contribution in [2.45, 2.75) is 26.4 Å². The number of hydrogen-bond donors (Lipinski definition) is 0. The van der Waals surface area contributed by atoms with Gasteiger partial charge in [-0.3, -0.25) is 0 Å². The summed E-state index contributed by atoms with van der Waals surface area (Å²) in [5.74, 6) is 0. The van der Waals surface area contributed by atoms with Gasteiger partial charge in [0.05, 0.1) is 19.3 Å². The molecule has 1 unspecified atom stereocenters. The lowest BCUT2D eigenvalue weighted by Crippen LogP contribution is -2.06. The molecule has 2 rings (SSSR count). The maximum absolute atomic E-state index is 6.17. The molecule has 0 aliphatic heterocycles. The molecule has 1 atom stereocenters. The van der Waals surface area contributed by atoms with Crippen LogP contribution in [-0.4, -0.2) is 13.2 Å². The molecular weight excluding hydrogens is 351 g/mol. The van der Waals surface area contributed by atoms with Crippen LogP contribution in [0.3, 0.4) is 0 Å². The lowest BCUT2D eigenvalue weighted by atomic mass is 10.1. The van der Waals surface area contributed by atoms with E-state index in [1.165, 1.54) is 0 Å². The Bertz CT molecular complexity index is 679. The summed E-state index contributed by atoms with van der Waals surface area (Å²) in [6.45, 7) is 1.99. The molecule has 0 bridgehead atoms. The summed E-state index contributed by atoms with van der Waals surface area (Å²) in [5.41, 5.74) is 2.22. The minimum Gasteiger partial charge on any atom is -0.309 e. The van der Waals surface area contributed by atoms with E-state index in [-0.39, 0.29) is 6.10 Å². The van der Waals surface area contributed by atoms with Crippen LogP contribution in [0.2, 0.25) is 0 Å². The predicted octanol–water partition coefficient (Wildman–Crippen LogP) is 6.15. The zero-order chi connectivity index (χ0) is 18.0. The van der Waals surface area contributed by atoms with Crippen LogP contribution in [0.5, 0.6) is 0 Å². The Kier molecular flexibility index (Phi) is 8.53. The van der Waals surface area contributed by atoms with Crippen molar-refractivity contribution in [2.24, 2.45) is 0 Å². The van der Waals surface area contributed by atoms with Crippen molar-refractivity contribution in [1.82, 2.24) is 0 Å². The molecule has 0 heterocycles. The Balaban J connectivity index is 2.16. The number of benzene rings is 2. The van der Waals surface area contributed by atoms with Gasteiger partial charge in [0.1, 0.15) is 0 Å². The third kappa shape index (κ3) is 6.85. The molecule has 0 saturated heterocycles. The molecule has 134 valence electrons. The van der Waals surface area contributed by atoms with E-state index in [1.54, 1.807) is 0 Å². The van der Waals surface area contributed by atoms with Gasteiger partial charge in [-0.25, -0.2) is 0 Å². The summed E-state index contributed by atoms with van der Waals surface area (Å²) >= 11 is 5.54. The van der Waals surface area contributed by atoms with Crippen molar-refractivity contribution in [2.75, 3.05) is 13.2 Å². The van der Waals surface area contributed by atoms with Gasteiger partial charge in [-0.05, 0) is 43.2 Å². The zero-order valence-corrected chi connectivity index (χ0v) is 16.4. The van der Waals surface area contributed by atoms with E-state index >= 15 is 0 Å². The second-order valence-electron chi connectivity index (χ2n) is 5.34. The van der Waals surface area contributed by atoms with Crippen LogP contribution >= 0.6 is 6.72 Å². The van der Waals surface area contributed by atoms with Crippen LogP contribution in [0.1, 0.15) is 37.5 Å². The highest BCUT2D eigenvalue weighted by molar-refractivity contribution is 8.07. The van der Waals surface area contributed by atoms with Gasteiger partial charge in [-0.1, -0.05) is 72.8 Å². The maximum Gasteiger partial charge on any atom is 0.327 e. The molecule has 0 amide bonds. The SMILES string of the molecule is CCOP(=S)(OCC)OC(C/C=C/c1ccccc1)c1ccccc1. The van der Waals surface area contributed by atoms with Gasteiger partial charge in [0.2, 0.25) is 0 Å². The van der Waals surface area contributed by atoms with Crippen molar-refractivity contribution in [3.63, 3.8) is 0 Å². The molecule has 0 aliphatic carbocycles. The number of rotatable bonds is 10. The summed E-state index contributed by atoms with van der Waals surface area (Å²) in [7, 11) is 0. The Hall–Kier alpha value is -1.29. The Morgan fingerprint density at radius 1 is 0.920 bits per heavy atom. The summed E-state index contributed by atoms with van der Waals surface area (Å²) in [6, 6.07) is 20.3. The topological polar surface area (TPSA) is 27.7 Å². The van der Waals surface area contributed by atoms with Gasteiger partial charge < -0.3 is 13.6 Å². The maximum atomic E-state index is 6.17. The molecule has 0 saturated carbocycles. The Morgan fingerprint density at radius 3 is 2.04 bits per heavy atom. The van der Waals surface area contributed by atoms with Gasteiger partial charge in [0.25, 0.3) is 0 Å². The van der Waals surface area contributed by atoms with Crippen LogP contribution in [0.4, 0.5) is 0 Å². The summed E-state index contributed by atoms with van der Waals surface area (Å²) in [4.78, 5) is 0. The summed E-state index contributed by atoms with van der Waals surface area (Å²) in [5, 5.41) is 0. The molecule has 3 nitrogen and oxygen atoms in total. The lowest BCUT2D eigenvalue weighted by Gasteiger charge is -2.26. The highest BCUT2D eigenvalue weighted by atomic mass is 32.5. The fourth-order valence-corrected chi connectivity index (χ4v) is 4.66. The second kappa shape index (κ2) is 10.6. The van der Waals surface area contributed by atoms with Gasteiger partial charge in [0, 0.05) is 0 Å². The van der Waals surface area contributed by atoms with Crippen LogP contribution in [0.15, 0.2) is 66.7 Å². The third-order valence-corrected chi connectivity index (χ3v) is 6.01. The van der Waals surface area contributed by atoms with Crippen molar-refractivity contribution in [1.29, 1.82) is 0 Å². The number of hydrogen-bond acceptors (Lipinski definition) is 4. The average molecular weight is 376 g/mol. The molecule has 0 N–H and O–H groups in total. The fraction of sp³-hybridized carbons (Fsp3) is 0.300. The molecule has 0 aromatic heterocycles. The van der Waals surface area contributed by atoms with Gasteiger partial charge in [-0.2, -0.15) is 0 Å². The minimum absolute atomic E-state index is 0.204. The Morgan fingerprint density at radius 2 is 1.48 bits per heavy atom. The molecule has 0 aliphatic rings. The largest absolute Gasteiger partial charge is 0.327 e. The first-order valence-corrected chi connectivity index (χ1v) is 11.1. The lowest BCUT2D eigenvalue weighted by molar-refractivity contribution is 0.122. The van der Waals surface area contributed by atoms with E-state index in [0.717, 1.165) is 11.1 Å². The van der Waals surface area contributed by atoms with E-state index in [4.69, 9.17) is 25.4 Å². The van der Waals surface area contributed by atoms with Crippen LogP contribution in [0.25, 0.3) is 6.08 Å². The van der Waals surface area contributed by atoms with Gasteiger partial charge in [0.15, 0.2) is 0 Å². The van der Waals surface area contributed by atoms with Gasteiger partial charge >= 0.3 is 6.72 Å². The molecular formula is C20H25O3PS. The molecule has 2 aromatic carbocycles. The average Bonchev–Trinajstić information content (AvgIpc) is 2.63. The normalized spacial score (nSPS) is 13.2. The van der Waals surface area contributed by atoms with E-state index in [0.29, 0.717) is 19.6 Å². The molecule has 25 heavy (non-hydrogen) atoms. The Labute approximate surface area is 155 Å². The summed E-state index contributed by atoms with van der Waals surface area (Å²) in [6.07, 6.45) is 4.68. The standard InChI is InChI=1S/C20H25O3PS/c1-3-21-24(25,22-4-2)23-20(19-15-9-6-10-16-19)17-11-14-18-12-7-5-8-13-18/h5-16,20H,3-4,17H2,1-2H3/b14-11+. The molecule has 0 spiro atoms. The second-order valence-corrected chi connectivity index (χ2v) is 8.30. The van der Waals surface area contributed by atoms with Crippen molar-refractivity contribution in [3.8, 4) is 0 Å². The smallest absolute Gasteiger partial charge is 0.309 e. The van der Waals surface area contributed by atoms with Crippen molar-refractivity contribution < 1.29 is 13.6 Å². The minimum atomic E-state index is -2.75. The third-order valence-electron chi connectivity index (χ3n) is 3.46. The molecule has 5 heteroatoms. The predicted molar refractivity (Wildman–Crippen MR) is 108 cm³/mol. The van der Waals surface area contributed by atoms with E-state index in [9.17, 15) is 0 Å². The summed E-state index contributed by atoms with van der Waals surface area (Å²) < 4.78 is 17.5. The van der Waals surface area contributed by atoms with Crippen LogP contribution < -0.4 is 0 Å². The van der Waals surface area contributed by atoms with Crippen LogP contribution in [-0.2, 0) is 25.4 Å². The molecule has 0 fully saturated rings. The highest BCUT2D eigenvalue weighted by Gasteiger charge is 2.25. The van der Waals surface area contributed by atoms with E-state index in [1.807, 2.05) is 62.4 Å². The van der Waals surface area contributed by atoms with E-state index in [2.05, 4.69) is 24.3 Å². The molecule has 0 radical (unpaired) electrons. The first-order chi connectivity index (χ1) is 12.2. The zero-order valence-electron chi connectivity index (χ0n) is 14.7. The van der Waals surface area contributed by atoms with Crippen molar-refractivity contribution >= 4 is 24.6 Å². The quantitative estimate of drug-likeness (QED) is 0.465. The van der Waals surface area contributed by atoms with Gasteiger partial charge in [-0.15, -0.1) is 0 Å². The van der Waals surface area contributed by atoms with E-state index < -0.39 is 6.72 Å². The van der Waals surface area contributed by atoms with Crippen LogP contribution in [0, 0.1) is 0 Å². The fourth-order valence-electron chi connectivity index (χ4n) is 2.37. The first-order valence-electron chi connectivity index (χ1n) is 8.51. The molecule has 2 aromatic rings.